The number of halogens is 1. The van der Waals surface area contributed by atoms with Crippen molar-refractivity contribution < 1.29 is 38.2 Å². The molecular formula is C57H66ClN11O8S. The largest absolute Gasteiger partial charge is 0.463 e. The molecule has 1 unspecified atom stereocenters. The highest BCUT2D eigenvalue weighted by atomic mass is 35.5. The number of rotatable bonds is 19. The van der Waals surface area contributed by atoms with Gasteiger partial charge in [-0.3, -0.25) is 43.5 Å². The molecule has 0 saturated carbocycles. The number of nitrogens with zero attached hydrogens (tertiary/aromatic N) is 10. The Morgan fingerprint density at radius 2 is 1.65 bits per heavy atom. The van der Waals surface area contributed by atoms with Gasteiger partial charge in [-0.2, -0.15) is 5.10 Å². The first kappa shape index (κ1) is 54.7. The van der Waals surface area contributed by atoms with Crippen LogP contribution in [0, 0.1) is 31.6 Å². The minimum atomic E-state index is -0.610. The number of likely N-dealkylation sites (N-methyl/N-ethyl adjacent to an activating group) is 1. The van der Waals surface area contributed by atoms with Crippen LogP contribution in [0.15, 0.2) is 59.9 Å². The molecule has 5 aliphatic rings. The van der Waals surface area contributed by atoms with Crippen LogP contribution in [0.3, 0.4) is 0 Å². The summed E-state index contributed by atoms with van der Waals surface area (Å²) in [5, 5.41) is 17.5. The zero-order valence-electron chi connectivity index (χ0n) is 44.5. The number of piperidine rings is 2. The molecule has 3 fully saturated rings. The van der Waals surface area contributed by atoms with E-state index in [0.29, 0.717) is 87.0 Å². The zero-order valence-corrected chi connectivity index (χ0v) is 46.1. The molecule has 8 heterocycles. The molecule has 78 heavy (non-hydrogen) atoms. The predicted octanol–water partition coefficient (Wildman–Crippen LogP) is 5.32. The van der Waals surface area contributed by atoms with Gasteiger partial charge in [0.15, 0.2) is 5.82 Å². The van der Waals surface area contributed by atoms with E-state index in [0.717, 1.165) is 95.4 Å². The third kappa shape index (κ3) is 12.8. The van der Waals surface area contributed by atoms with Gasteiger partial charge in [0.25, 0.3) is 5.91 Å². The summed E-state index contributed by atoms with van der Waals surface area (Å²) < 4.78 is 20.7. The van der Waals surface area contributed by atoms with Crippen LogP contribution in [0.5, 0.6) is 0 Å². The van der Waals surface area contributed by atoms with Crippen LogP contribution in [-0.2, 0) is 52.9 Å². The number of carbonyl (C=O) groups is 5. The quantitative estimate of drug-likeness (QED) is 0.0483. The molecule has 21 heteroatoms. The fourth-order valence-corrected chi connectivity index (χ4v) is 12.3. The fourth-order valence-electron chi connectivity index (χ4n) is 10.9. The Labute approximate surface area is 463 Å². The normalized spacial score (nSPS) is 18.9. The number of benzene rings is 2. The number of thiophene rings is 1. The van der Waals surface area contributed by atoms with E-state index >= 15 is 0 Å². The van der Waals surface area contributed by atoms with Crippen LogP contribution < -0.4 is 5.32 Å². The molecule has 1 N–H and O–H groups in total. The smallest absolute Gasteiger partial charge is 0.305 e. The number of likely N-dealkylation sites (tertiary alicyclic amines) is 1. The number of aryl methyl sites for hydroxylation is 2. The first-order valence-electron chi connectivity index (χ1n) is 27.1. The van der Waals surface area contributed by atoms with E-state index < -0.39 is 12.1 Å². The molecule has 3 aromatic heterocycles. The van der Waals surface area contributed by atoms with E-state index in [1.807, 2.05) is 65.9 Å². The Kier molecular flexibility index (Phi) is 17.6. The van der Waals surface area contributed by atoms with Gasteiger partial charge in [0.05, 0.1) is 55.2 Å². The van der Waals surface area contributed by atoms with Crippen LogP contribution in [0.4, 0.5) is 0 Å². The molecule has 0 spiro atoms. The van der Waals surface area contributed by atoms with Crippen molar-refractivity contribution in [1.29, 1.82) is 0 Å². The first-order valence-corrected chi connectivity index (χ1v) is 28.3. The lowest BCUT2D eigenvalue weighted by Crippen LogP contribution is -2.52. The number of ether oxygens (including phenoxy) is 3. The third-order valence-electron chi connectivity index (χ3n) is 15.4. The van der Waals surface area contributed by atoms with Crippen molar-refractivity contribution in [3.8, 4) is 16.8 Å². The molecule has 4 amide bonds. The second-order valence-electron chi connectivity index (χ2n) is 20.7. The van der Waals surface area contributed by atoms with Crippen molar-refractivity contribution in [3.05, 3.63) is 115 Å². The predicted molar refractivity (Wildman–Crippen MR) is 293 cm³/mol. The van der Waals surface area contributed by atoms with E-state index in [4.69, 9.17) is 30.8 Å². The van der Waals surface area contributed by atoms with Crippen molar-refractivity contribution in [3.63, 3.8) is 0 Å². The molecule has 410 valence electrons. The number of fused-ring (bicyclic) bond motifs is 4. The Morgan fingerprint density at radius 3 is 2.44 bits per heavy atom. The van der Waals surface area contributed by atoms with Gasteiger partial charge in [0.2, 0.25) is 17.7 Å². The lowest BCUT2D eigenvalue weighted by atomic mass is 9.87. The number of nitrogens with one attached hydrogen (secondary N) is 1. The fraction of sp³-hybridized carbons (Fsp3) is 0.491. The van der Waals surface area contributed by atoms with E-state index in [-0.39, 0.29) is 62.1 Å². The second-order valence-corrected chi connectivity index (χ2v) is 22.1. The van der Waals surface area contributed by atoms with Gasteiger partial charge in [-0.05, 0) is 107 Å². The second kappa shape index (κ2) is 25.0. The van der Waals surface area contributed by atoms with E-state index in [1.165, 1.54) is 5.56 Å². The lowest BCUT2D eigenvalue weighted by Gasteiger charge is -2.33. The Balaban J connectivity index is 0.624. The topological polar surface area (TPSA) is 199 Å². The summed E-state index contributed by atoms with van der Waals surface area (Å²) >= 11 is 7.89. The minimum absolute atomic E-state index is 0.0435. The summed E-state index contributed by atoms with van der Waals surface area (Å²) in [6.07, 6.45) is 8.17. The summed E-state index contributed by atoms with van der Waals surface area (Å²) in [5.74, 6) is 7.46. The van der Waals surface area contributed by atoms with Crippen molar-refractivity contribution in [1.82, 2.24) is 49.5 Å². The van der Waals surface area contributed by atoms with Gasteiger partial charge >= 0.3 is 5.97 Å². The number of piperazine rings is 1. The molecule has 5 aromatic rings. The average Bonchev–Trinajstić information content (AvgIpc) is 4.42. The number of hydrogen-bond donors (Lipinski definition) is 1. The monoisotopic (exact) mass is 1100 g/mol. The molecule has 0 radical (unpaired) electrons. The molecular weight excluding hydrogens is 1030 g/mol. The zero-order chi connectivity index (χ0) is 54.3. The maximum Gasteiger partial charge on any atom is 0.305 e. The Morgan fingerprint density at radius 1 is 0.885 bits per heavy atom. The number of aliphatic imine (C=N–C) groups is 1. The summed E-state index contributed by atoms with van der Waals surface area (Å²) in [6.45, 7) is 12.6. The van der Waals surface area contributed by atoms with E-state index in [1.54, 1.807) is 27.1 Å². The van der Waals surface area contributed by atoms with Crippen molar-refractivity contribution >= 4 is 58.2 Å². The van der Waals surface area contributed by atoms with Gasteiger partial charge < -0.3 is 33.8 Å². The number of esters is 1. The third-order valence-corrected chi connectivity index (χ3v) is 16.8. The van der Waals surface area contributed by atoms with Crippen molar-refractivity contribution in [2.45, 2.75) is 90.4 Å². The number of imide groups is 1. The maximum absolute atomic E-state index is 13.7. The van der Waals surface area contributed by atoms with Crippen molar-refractivity contribution in [2.24, 2.45) is 10.9 Å². The molecule has 10 rings (SSSR count). The number of hydrogen-bond acceptors (Lipinski definition) is 15. The highest BCUT2D eigenvalue weighted by molar-refractivity contribution is 7.15. The minimum Gasteiger partial charge on any atom is -0.463 e. The molecule has 2 atom stereocenters. The summed E-state index contributed by atoms with van der Waals surface area (Å²) in [7, 11) is 2.07. The van der Waals surface area contributed by atoms with Gasteiger partial charge in [-0.25, -0.2) is 0 Å². The molecule has 2 aromatic carbocycles. The molecule has 0 aliphatic carbocycles. The molecule has 19 nitrogen and oxygen atoms in total. The molecule has 5 aliphatic heterocycles. The van der Waals surface area contributed by atoms with Gasteiger partial charge in [0.1, 0.15) is 29.5 Å². The number of carbonyl (C=O) groups excluding carboxylic acids is 5. The van der Waals surface area contributed by atoms with Gasteiger partial charge in [0, 0.05) is 86.6 Å². The average molecular weight is 1100 g/mol. The van der Waals surface area contributed by atoms with Crippen LogP contribution in [-0.4, -0.2) is 171 Å². The van der Waals surface area contributed by atoms with E-state index in [2.05, 4.69) is 55.4 Å². The van der Waals surface area contributed by atoms with Crippen LogP contribution in [0.25, 0.3) is 5.00 Å². The summed E-state index contributed by atoms with van der Waals surface area (Å²) in [6, 6.07) is 12.3. The molecule has 0 bridgehead atoms. The first-order chi connectivity index (χ1) is 37.9. The highest BCUT2D eigenvalue weighted by Crippen LogP contribution is 2.40. The Hall–Kier alpha value is -6.60. The Bertz CT molecular complexity index is 3120. The standard InChI is InChI=1S/C57H66ClN11O8S/c1-37-48(78-57-52(37)53(41-10-12-43(58)13-11-41)60-46(54-63-62-38(2)69(54)57)33-50(71)66-24-22-64(3)23-25-66)15-9-40-34-59-67(35-40)19-5-8-51(72)77-31-30-76-29-28-75-27-26-65-20-17-39(18-21-65)32-42-6-4-7-44-45(42)36-68(56(44)74)47-14-16-49(70)61-55(47)73/h4,6-7,10-13,34-35,39,46-47H,5,8,14,16-33,36H2,1-3H3,(H,61,70,73)/t46-,47?/m0/s1. The molecule has 3 saturated heterocycles. The van der Waals surface area contributed by atoms with E-state index in [9.17, 15) is 24.0 Å². The SMILES string of the molecule is Cc1c(C#Cc2cnn(CCCC(=O)OCCOCCOCCN3CCC(Cc4cccc5c4CN(C4CCC(=O)NC4=O)C5=O)CC3)c2)sc2c1C(c1ccc(Cl)cc1)=N[C@@H](CC(=O)N1CCN(C)CC1)c1nnc(C)n1-2. The van der Waals surface area contributed by atoms with Gasteiger partial charge in [-0.15, -0.1) is 21.5 Å². The summed E-state index contributed by atoms with van der Waals surface area (Å²) in [5.41, 5.74) is 7.10. The highest BCUT2D eigenvalue weighted by Gasteiger charge is 2.40. The maximum atomic E-state index is 13.7. The van der Waals surface area contributed by atoms with Crippen molar-refractivity contribution in [2.75, 3.05) is 85.9 Å². The van der Waals surface area contributed by atoms with Gasteiger partial charge in [-0.1, -0.05) is 47.7 Å². The lowest BCUT2D eigenvalue weighted by molar-refractivity contribution is -0.145. The van der Waals surface area contributed by atoms with Crippen LogP contribution >= 0.6 is 22.9 Å². The van der Waals surface area contributed by atoms with Crippen LogP contribution in [0.1, 0.15) is 111 Å². The number of aromatic nitrogens is 5. The number of amides is 4. The summed E-state index contributed by atoms with van der Waals surface area (Å²) in [4.78, 5) is 78.1. The van der Waals surface area contributed by atoms with Crippen LogP contribution in [0.2, 0.25) is 5.02 Å².